The highest BCUT2D eigenvalue weighted by atomic mass is 16.5. The third-order valence-corrected chi connectivity index (χ3v) is 8.28. The normalized spacial score (nSPS) is 15.9. The van der Waals surface area contributed by atoms with Gasteiger partial charge < -0.3 is 23.8 Å². The number of hydrogen-bond acceptors (Lipinski definition) is 6. The molecule has 40 heavy (non-hydrogen) atoms. The molecule has 1 heterocycles. The molecule has 0 saturated heterocycles. The van der Waals surface area contributed by atoms with E-state index in [4.69, 9.17) is 18.9 Å². The first-order valence-electron chi connectivity index (χ1n) is 14.1. The molecule has 0 unspecified atom stereocenters. The van der Waals surface area contributed by atoms with Crippen LogP contribution in [0.2, 0.25) is 0 Å². The Morgan fingerprint density at radius 2 is 1.35 bits per heavy atom. The molecule has 7 nitrogen and oxygen atoms in total. The van der Waals surface area contributed by atoms with Crippen molar-refractivity contribution in [3.63, 3.8) is 0 Å². The molecule has 1 aliphatic heterocycles. The minimum Gasteiger partial charge on any atom is -0.493 e. The number of hydrogen-bond donors (Lipinski definition) is 0. The van der Waals surface area contributed by atoms with Gasteiger partial charge in [-0.25, -0.2) is 0 Å². The fraction of sp³-hybridized carbons (Fsp3) is 0.424. The predicted octanol–water partition coefficient (Wildman–Crippen LogP) is 4.88. The number of nitrogens with zero attached hydrogens (tertiary/aromatic N) is 2. The molecule has 1 aliphatic carbocycles. The standard InChI is InChI=1S/C33H40N2O5/c1-37-29-17-24-10-14-35(15-11-25(24)18-30(29)38-2)33(36)12-13-34(21-23-8-6-5-7-9-23)22-27-16-26-19-31(39-3)32(40-4)20-28(26)27/h5-9,17-20,27H,10-16,21-22H2,1-4H3/t27-/m1/s1. The fourth-order valence-electron chi connectivity index (χ4n) is 6.00. The van der Waals surface area contributed by atoms with Crippen molar-refractivity contribution in [2.45, 2.75) is 38.1 Å². The quantitative estimate of drug-likeness (QED) is 0.343. The Balaban J connectivity index is 1.24. The Hall–Kier alpha value is -3.71. The van der Waals surface area contributed by atoms with Gasteiger partial charge in [-0.15, -0.1) is 0 Å². The maximum atomic E-state index is 13.4. The van der Waals surface area contributed by atoms with Crippen LogP contribution in [0.25, 0.3) is 0 Å². The van der Waals surface area contributed by atoms with Crippen LogP contribution in [0.4, 0.5) is 0 Å². The number of amides is 1. The van der Waals surface area contributed by atoms with E-state index in [2.05, 4.69) is 53.4 Å². The van der Waals surface area contributed by atoms with Crippen LogP contribution in [0.1, 0.15) is 40.2 Å². The summed E-state index contributed by atoms with van der Waals surface area (Å²) in [6.45, 7) is 3.88. The van der Waals surface area contributed by atoms with Crippen molar-refractivity contribution in [3.8, 4) is 23.0 Å². The van der Waals surface area contributed by atoms with E-state index in [1.807, 2.05) is 11.0 Å². The van der Waals surface area contributed by atoms with Crippen molar-refractivity contribution >= 4 is 5.91 Å². The van der Waals surface area contributed by atoms with E-state index in [-0.39, 0.29) is 5.91 Å². The Morgan fingerprint density at radius 1 is 0.800 bits per heavy atom. The topological polar surface area (TPSA) is 60.5 Å². The van der Waals surface area contributed by atoms with Gasteiger partial charge in [0.25, 0.3) is 0 Å². The lowest BCUT2D eigenvalue weighted by atomic mass is 9.77. The monoisotopic (exact) mass is 544 g/mol. The van der Waals surface area contributed by atoms with Gasteiger partial charge in [0.05, 0.1) is 28.4 Å². The molecule has 7 heteroatoms. The van der Waals surface area contributed by atoms with Crippen LogP contribution >= 0.6 is 0 Å². The third kappa shape index (κ3) is 6.04. The molecule has 1 amide bonds. The van der Waals surface area contributed by atoms with Gasteiger partial charge in [-0.05, 0) is 71.3 Å². The van der Waals surface area contributed by atoms with Gasteiger partial charge in [0, 0.05) is 45.1 Å². The van der Waals surface area contributed by atoms with Crippen molar-refractivity contribution in [1.82, 2.24) is 9.80 Å². The van der Waals surface area contributed by atoms with Crippen molar-refractivity contribution < 1.29 is 23.7 Å². The molecular weight excluding hydrogens is 504 g/mol. The van der Waals surface area contributed by atoms with Crippen LogP contribution in [0.3, 0.4) is 0 Å². The molecule has 3 aromatic rings. The Bertz CT molecular complexity index is 1290. The first-order chi connectivity index (χ1) is 19.5. The summed E-state index contributed by atoms with van der Waals surface area (Å²) in [7, 11) is 6.68. The van der Waals surface area contributed by atoms with Crippen molar-refractivity contribution in [2.24, 2.45) is 0 Å². The second-order valence-electron chi connectivity index (χ2n) is 10.6. The summed E-state index contributed by atoms with van der Waals surface area (Å²) in [5.41, 5.74) is 6.35. The molecule has 3 aromatic carbocycles. The van der Waals surface area contributed by atoms with E-state index < -0.39 is 0 Å². The van der Waals surface area contributed by atoms with E-state index in [1.165, 1.54) is 27.8 Å². The number of methoxy groups -OCH3 is 4. The van der Waals surface area contributed by atoms with Gasteiger partial charge in [0.15, 0.2) is 23.0 Å². The lowest BCUT2D eigenvalue weighted by Gasteiger charge is -2.36. The predicted molar refractivity (Wildman–Crippen MR) is 156 cm³/mol. The summed E-state index contributed by atoms with van der Waals surface area (Å²) in [5.74, 6) is 3.66. The van der Waals surface area contributed by atoms with Gasteiger partial charge in [-0.2, -0.15) is 0 Å². The minimum atomic E-state index is 0.213. The Kier molecular flexibility index (Phi) is 8.80. The number of benzene rings is 3. The Morgan fingerprint density at radius 3 is 1.93 bits per heavy atom. The van der Waals surface area contributed by atoms with Crippen LogP contribution in [0, 0.1) is 0 Å². The lowest BCUT2D eigenvalue weighted by molar-refractivity contribution is -0.131. The molecule has 1 atom stereocenters. The number of ether oxygens (including phenoxy) is 4. The maximum Gasteiger partial charge on any atom is 0.223 e. The summed E-state index contributed by atoms with van der Waals surface area (Å²) in [6.07, 6.45) is 3.15. The highest BCUT2D eigenvalue weighted by Crippen LogP contribution is 2.43. The molecule has 212 valence electrons. The molecule has 0 radical (unpaired) electrons. The average Bonchev–Trinajstić information content (AvgIpc) is 3.19. The summed E-state index contributed by atoms with van der Waals surface area (Å²) in [4.78, 5) is 17.9. The number of carbonyl (C=O) groups is 1. The Labute approximate surface area is 237 Å². The largest absolute Gasteiger partial charge is 0.493 e. The third-order valence-electron chi connectivity index (χ3n) is 8.28. The van der Waals surface area contributed by atoms with E-state index >= 15 is 0 Å². The lowest BCUT2D eigenvalue weighted by Crippen LogP contribution is -2.38. The summed E-state index contributed by atoms with van der Waals surface area (Å²) >= 11 is 0. The molecule has 5 rings (SSSR count). The average molecular weight is 545 g/mol. The van der Waals surface area contributed by atoms with Crippen molar-refractivity contribution in [2.75, 3.05) is 54.6 Å². The fourth-order valence-corrected chi connectivity index (χ4v) is 6.00. The van der Waals surface area contributed by atoms with Crippen LogP contribution in [-0.4, -0.2) is 70.3 Å². The van der Waals surface area contributed by atoms with Gasteiger partial charge in [0.1, 0.15) is 0 Å². The molecule has 0 saturated carbocycles. The van der Waals surface area contributed by atoms with Gasteiger partial charge in [-0.3, -0.25) is 9.69 Å². The maximum absolute atomic E-state index is 13.4. The molecule has 0 spiro atoms. The number of fused-ring (bicyclic) bond motifs is 2. The van der Waals surface area contributed by atoms with E-state index in [0.29, 0.717) is 12.3 Å². The smallest absolute Gasteiger partial charge is 0.223 e. The van der Waals surface area contributed by atoms with Crippen LogP contribution in [0.5, 0.6) is 23.0 Å². The molecule has 2 aliphatic rings. The zero-order chi connectivity index (χ0) is 28.1. The number of rotatable bonds is 11. The van der Waals surface area contributed by atoms with Crippen molar-refractivity contribution in [1.29, 1.82) is 0 Å². The van der Waals surface area contributed by atoms with Crippen molar-refractivity contribution in [3.05, 3.63) is 82.4 Å². The summed E-state index contributed by atoms with van der Waals surface area (Å²) in [5, 5.41) is 0. The second-order valence-corrected chi connectivity index (χ2v) is 10.6. The van der Waals surface area contributed by atoms with E-state index in [1.54, 1.807) is 28.4 Å². The summed E-state index contributed by atoms with van der Waals surface area (Å²) < 4.78 is 22.0. The highest BCUT2D eigenvalue weighted by Gasteiger charge is 2.30. The highest BCUT2D eigenvalue weighted by molar-refractivity contribution is 5.76. The van der Waals surface area contributed by atoms with Gasteiger partial charge >= 0.3 is 0 Å². The number of carbonyl (C=O) groups excluding carboxylic acids is 1. The van der Waals surface area contributed by atoms with E-state index in [0.717, 1.165) is 75.0 Å². The molecule has 0 fully saturated rings. The first kappa shape index (κ1) is 27.8. The van der Waals surface area contributed by atoms with Crippen LogP contribution < -0.4 is 18.9 Å². The van der Waals surface area contributed by atoms with Gasteiger partial charge in [-0.1, -0.05) is 30.3 Å². The zero-order valence-electron chi connectivity index (χ0n) is 24.1. The molecular formula is C33H40N2O5. The SMILES string of the molecule is COc1cc2c(cc1OC)CCN(C(=O)CCN(Cc1ccccc1)C[C@H]1Cc3cc(OC)c(OC)cc31)CC2. The van der Waals surface area contributed by atoms with Crippen LogP contribution in [0.15, 0.2) is 54.6 Å². The zero-order valence-corrected chi connectivity index (χ0v) is 24.1. The first-order valence-corrected chi connectivity index (χ1v) is 14.1. The van der Waals surface area contributed by atoms with Gasteiger partial charge in [0.2, 0.25) is 5.91 Å². The molecule has 0 aromatic heterocycles. The second kappa shape index (κ2) is 12.6. The molecule has 0 bridgehead atoms. The minimum absolute atomic E-state index is 0.213. The summed E-state index contributed by atoms with van der Waals surface area (Å²) in [6, 6.07) is 18.8. The van der Waals surface area contributed by atoms with E-state index in [9.17, 15) is 4.79 Å². The van der Waals surface area contributed by atoms with Crippen LogP contribution in [-0.2, 0) is 30.6 Å². The molecule has 0 N–H and O–H groups in total.